The van der Waals surface area contributed by atoms with Gasteiger partial charge in [-0.25, -0.2) is 4.79 Å². The van der Waals surface area contributed by atoms with Gasteiger partial charge in [0.1, 0.15) is 0 Å². The number of carbonyl (C=O) groups is 1. The van der Waals surface area contributed by atoms with E-state index in [1.54, 1.807) is 0 Å². The van der Waals surface area contributed by atoms with Crippen LogP contribution < -0.4 is 5.46 Å². The SMILES string of the molecule is O=C(O)c1cccc([B]S(=O)[O-])c1. The number of benzene rings is 1. The average molecular weight is 196 g/mol. The van der Waals surface area contributed by atoms with Gasteiger partial charge in [-0.3, -0.25) is 4.21 Å². The van der Waals surface area contributed by atoms with E-state index in [0.717, 1.165) is 6.56 Å². The molecule has 4 nitrogen and oxygen atoms in total. The Hall–Kier alpha value is -1.14. The summed E-state index contributed by atoms with van der Waals surface area (Å²) in [5.74, 6) is -1.08. The molecular weight excluding hydrogens is 191 g/mol. The van der Waals surface area contributed by atoms with Gasteiger partial charge in [-0.2, -0.15) is 0 Å². The number of hydrogen-bond acceptors (Lipinski definition) is 3. The summed E-state index contributed by atoms with van der Waals surface area (Å²) in [5, 5.41) is 8.58. The first-order chi connectivity index (χ1) is 6.09. The van der Waals surface area contributed by atoms with Crippen LogP contribution in [-0.4, -0.2) is 26.4 Å². The van der Waals surface area contributed by atoms with E-state index in [0.29, 0.717) is 5.46 Å². The number of carboxylic acids is 1. The highest BCUT2D eigenvalue weighted by Gasteiger charge is 2.03. The third-order valence-corrected chi connectivity index (χ3v) is 1.83. The molecule has 0 bridgehead atoms. The van der Waals surface area contributed by atoms with Crippen molar-refractivity contribution in [3.63, 3.8) is 0 Å². The summed E-state index contributed by atoms with van der Waals surface area (Å²) in [7, 11) is -2.31. The number of rotatable bonds is 3. The molecule has 67 valence electrons. The molecule has 0 amide bonds. The molecule has 0 aliphatic rings. The lowest BCUT2D eigenvalue weighted by atomic mass is 9.93. The third kappa shape index (κ3) is 3.00. The number of hydrogen-bond donors (Lipinski definition) is 1. The van der Waals surface area contributed by atoms with Gasteiger partial charge in [-0.1, -0.05) is 23.7 Å². The molecule has 1 atom stereocenters. The van der Waals surface area contributed by atoms with Gasteiger partial charge >= 0.3 is 5.97 Å². The van der Waals surface area contributed by atoms with Gasteiger partial charge in [-0.05, 0) is 6.07 Å². The second-order valence-corrected chi connectivity index (χ2v) is 3.07. The zero-order valence-electron chi connectivity index (χ0n) is 6.47. The van der Waals surface area contributed by atoms with Crippen LogP contribution in [0.2, 0.25) is 0 Å². The Morgan fingerprint density at radius 2 is 2.23 bits per heavy atom. The Balaban J connectivity index is 2.91. The first-order valence-corrected chi connectivity index (χ1v) is 4.49. The lowest BCUT2D eigenvalue weighted by Gasteiger charge is -2.03. The summed E-state index contributed by atoms with van der Waals surface area (Å²) in [6.07, 6.45) is 0. The molecule has 1 aromatic rings. The molecule has 0 spiro atoms. The Morgan fingerprint density at radius 1 is 1.54 bits per heavy atom. The third-order valence-electron chi connectivity index (χ3n) is 1.37. The molecule has 13 heavy (non-hydrogen) atoms. The molecule has 1 N–H and O–H groups in total. The molecule has 1 aromatic carbocycles. The van der Waals surface area contributed by atoms with E-state index in [1.807, 2.05) is 0 Å². The largest absolute Gasteiger partial charge is 0.782 e. The first kappa shape index (κ1) is 9.95. The van der Waals surface area contributed by atoms with Crippen molar-refractivity contribution < 1.29 is 18.7 Å². The van der Waals surface area contributed by atoms with Crippen molar-refractivity contribution in [1.29, 1.82) is 0 Å². The van der Waals surface area contributed by atoms with Crippen LogP contribution in [0.15, 0.2) is 24.3 Å². The van der Waals surface area contributed by atoms with Gasteiger partial charge in [0.05, 0.1) is 5.56 Å². The van der Waals surface area contributed by atoms with Crippen molar-refractivity contribution in [2.75, 3.05) is 0 Å². The minimum atomic E-state index is -2.31. The highest BCUT2D eigenvalue weighted by molar-refractivity contribution is 8.06. The topological polar surface area (TPSA) is 77.4 Å². The van der Waals surface area contributed by atoms with Gasteiger partial charge in [0.2, 0.25) is 0 Å². The highest BCUT2D eigenvalue weighted by atomic mass is 32.2. The molecular formula is C7H5BO4S-. The molecule has 6 heteroatoms. The lowest BCUT2D eigenvalue weighted by Crippen LogP contribution is -2.19. The van der Waals surface area contributed by atoms with E-state index >= 15 is 0 Å². The van der Waals surface area contributed by atoms with Crippen molar-refractivity contribution in [2.24, 2.45) is 0 Å². The minimum absolute atomic E-state index is 0.0687. The normalized spacial score (nSPS) is 12.1. The van der Waals surface area contributed by atoms with Crippen molar-refractivity contribution >= 4 is 28.9 Å². The summed E-state index contributed by atoms with van der Waals surface area (Å²) in [4.78, 5) is 10.5. The monoisotopic (exact) mass is 196 g/mol. The van der Waals surface area contributed by atoms with Crippen LogP contribution in [0.3, 0.4) is 0 Å². The Kier molecular flexibility index (Phi) is 3.22. The van der Waals surface area contributed by atoms with E-state index in [-0.39, 0.29) is 5.56 Å². The maximum atomic E-state index is 10.5. The van der Waals surface area contributed by atoms with E-state index in [4.69, 9.17) is 5.11 Å². The molecule has 1 radical (unpaired) electrons. The van der Waals surface area contributed by atoms with Crippen LogP contribution in [0.4, 0.5) is 0 Å². The van der Waals surface area contributed by atoms with Crippen LogP contribution in [0.1, 0.15) is 10.4 Å². The van der Waals surface area contributed by atoms with Crippen molar-refractivity contribution in [3.05, 3.63) is 29.8 Å². The average Bonchev–Trinajstić information content (AvgIpc) is 2.03. The Morgan fingerprint density at radius 3 is 2.77 bits per heavy atom. The maximum absolute atomic E-state index is 10.5. The molecule has 1 rings (SSSR count). The maximum Gasteiger partial charge on any atom is 0.335 e. The molecule has 0 saturated carbocycles. The summed E-state index contributed by atoms with van der Waals surface area (Å²) in [6, 6.07) is 5.69. The van der Waals surface area contributed by atoms with Crippen LogP contribution in [0.5, 0.6) is 0 Å². The zero-order chi connectivity index (χ0) is 9.84. The smallest absolute Gasteiger partial charge is 0.335 e. The van der Waals surface area contributed by atoms with Crippen molar-refractivity contribution in [1.82, 2.24) is 0 Å². The fourth-order valence-electron chi connectivity index (χ4n) is 0.856. The van der Waals surface area contributed by atoms with Gasteiger partial charge in [0, 0.05) is 0 Å². The number of aromatic carboxylic acids is 1. The Labute approximate surface area is 78.0 Å². The van der Waals surface area contributed by atoms with E-state index < -0.39 is 16.9 Å². The fourth-order valence-corrected chi connectivity index (χ4v) is 1.22. The van der Waals surface area contributed by atoms with Gasteiger partial charge in [0.25, 0.3) is 6.56 Å². The molecule has 1 unspecified atom stereocenters. The molecule has 0 fully saturated rings. The van der Waals surface area contributed by atoms with Gasteiger partial charge < -0.3 is 9.66 Å². The number of carboxylic acid groups (broad SMARTS) is 1. The predicted octanol–water partition coefficient (Wildman–Crippen LogP) is -0.492. The fraction of sp³-hybridized carbons (Fsp3) is 0. The molecule has 0 aromatic heterocycles. The van der Waals surface area contributed by atoms with E-state index in [1.165, 1.54) is 24.3 Å². The highest BCUT2D eigenvalue weighted by Crippen LogP contribution is 1.95. The van der Waals surface area contributed by atoms with Crippen molar-refractivity contribution in [2.45, 2.75) is 0 Å². The minimum Gasteiger partial charge on any atom is -0.782 e. The predicted molar refractivity (Wildman–Crippen MR) is 47.7 cm³/mol. The van der Waals surface area contributed by atoms with E-state index in [9.17, 15) is 13.6 Å². The summed E-state index contributed by atoms with van der Waals surface area (Å²) in [5.41, 5.74) is 0.424. The summed E-state index contributed by atoms with van der Waals surface area (Å²) in [6.45, 7) is 0.951. The molecule has 0 heterocycles. The second-order valence-electron chi connectivity index (χ2n) is 2.31. The van der Waals surface area contributed by atoms with Crippen LogP contribution in [0, 0.1) is 0 Å². The summed E-state index contributed by atoms with van der Waals surface area (Å²) < 4.78 is 20.5. The van der Waals surface area contributed by atoms with Gasteiger partial charge in [-0.15, -0.1) is 10.9 Å². The van der Waals surface area contributed by atoms with Crippen LogP contribution in [-0.2, 0) is 10.9 Å². The standard InChI is InChI=1S/C7H6BO4S/c9-7(10)5-2-1-3-6(4-5)8-13(11)12/h1-4H,(H,9,10)(H,11,12)/p-1. The second kappa shape index (κ2) is 4.20. The van der Waals surface area contributed by atoms with Crippen LogP contribution >= 0.6 is 0 Å². The lowest BCUT2D eigenvalue weighted by molar-refractivity contribution is 0.0697. The molecule has 0 aliphatic heterocycles. The van der Waals surface area contributed by atoms with Crippen LogP contribution in [0.25, 0.3) is 0 Å². The van der Waals surface area contributed by atoms with Crippen molar-refractivity contribution in [3.8, 4) is 0 Å². The first-order valence-electron chi connectivity index (χ1n) is 3.36. The molecule has 0 saturated heterocycles. The molecule has 0 aliphatic carbocycles. The Bertz CT molecular complexity index is 352. The zero-order valence-corrected chi connectivity index (χ0v) is 7.28. The summed E-state index contributed by atoms with van der Waals surface area (Å²) >= 11 is 0. The quantitative estimate of drug-likeness (QED) is 0.522. The van der Waals surface area contributed by atoms with E-state index in [2.05, 4.69) is 0 Å². The van der Waals surface area contributed by atoms with Gasteiger partial charge in [0.15, 0.2) is 0 Å².